The molecule has 11 rings (SSSR count). The quantitative estimate of drug-likeness (QED) is 0.167. The molecule has 2 aliphatic carbocycles. The van der Waals surface area contributed by atoms with Crippen LogP contribution >= 0.6 is 0 Å². The van der Waals surface area contributed by atoms with Gasteiger partial charge in [0.05, 0.1) is 17.2 Å². The number of fused-ring (bicyclic) bond motifs is 8. The number of hydrogen-bond acceptors (Lipinski definition) is 3. The SMILES string of the molecule is C1=CC2=C(NC1)c1ccc(-c3cccc(-c4cccc(C5=CC(c6ccc(-c7ccccc7)cc6)NN5)c4)c3)cc1C21c2ccccc2Cc2ccccc21. The Bertz CT molecular complexity index is 2690. The smallest absolute Gasteiger partial charge is 0.0734 e. The molecule has 7 aromatic rings. The fourth-order valence-electron chi connectivity index (χ4n) is 9.49. The molecule has 2 aliphatic heterocycles. The minimum absolute atomic E-state index is 0.0869. The van der Waals surface area contributed by atoms with Gasteiger partial charge in [0, 0.05) is 17.8 Å². The summed E-state index contributed by atoms with van der Waals surface area (Å²) >= 11 is 0. The minimum atomic E-state index is -0.375. The Morgan fingerprint density at radius 1 is 0.491 bits per heavy atom. The molecular weight excluding hydrogens is 667 g/mol. The molecule has 4 aliphatic rings. The Morgan fingerprint density at radius 2 is 1.07 bits per heavy atom. The van der Waals surface area contributed by atoms with Crippen molar-refractivity contribution in [2.75, 3.05) is 6.54 Å². The lowest BCUT2D eigenvalue weighted by molar-refractivity contribution is 0.616. The second kappa shape index (κ2) is 12.7. The van der Waals surface area contributed by atoms with Crippen molar-refractivity contribution in [3.63, 3.8) is 0 Å². The summed E-state index contributed by atoms with van der Waals surface area (Å²) in [6, 6.07) is 62.7. The standard InChI is InChI=1S/C52H39N3/c1-2-11-34(12-3-1)35-22-24-36(25-23-35)49-33-50(55-54-49)43-18-9-17-39(30-43)37-15-8-16-38(29-37)40-26-27-44-48(32-40)52(47-21-10-28-53-51(44)47)45-19-6-4-13-41(45)31-42-14-5-7-20-46(42)52/h1-27,29-30,32-33,49,53-55H,28,31H2. The van der Waals surface area contributed by atoms with Crippen LogP contribution in [0.3, 0.4) is 0 Å². The number of rotatable bonds is 5. The summed E-state index contributed by atoms with van der Waals surface area (Å²) in [5.74, 6) is 0. The fraction of sp³-hybridized carbons (Fsp3) is 0.0769. The van der Waals surface area contributed by atoms with Crippen LogP contribution in [0, 0.1) is 0 Å². The maximum Gasteiger partial charge on any atom is 0.0734 e. The molecule has 0 bridgehead atoms. The number of hydrazine groups is 1. The van der Waals surface area contributed by atoms with E-state index in [1.807, 2.05) is 0 Å². The largest absolute Gasteiger partial charge is 0.381 e. The van der Waals surface area contributed by atoms with Crippen LogP contribution in [0.4, 0.5) is 0 Å². The van der Waals surface area contributed by atoms with Gasteiger partial charge in [-0.3, -0.25) is 0 Å². The summed E-state index contributed by atoms with van der Waals surface area (Å²) in [4.78, 5) is 0. The monoisotopic (exact) mass is 705 g/mol. The Morgan fingerprint density at radius 3 is 1.80 bits per heavy atom. The van der Waals surface area contributed by atoms with Gasteiger partial charge in [-0.25, -0.2) is 5.43 Å². The molecule has 7 aromatic carbocycles. The Labute approximate surface area is 322 Å². The van der Waals surface area contributed by atoms with Gasteiger partial charge in [0.1, 0.15) is 0 Å². The van der Waals surface area contributed by atoms with Gasteiger partial charge >= 0.3 is 0 Å². The maximum absolute atomic E-state index is 3.79. The topological polar surface area (TPSA) is 36.1 Å². The van der Waals surface area contributed by atoms with Crippen LogP contribution in [-0.2, 0) is 11.8 Å². The molecule has 3 N–H and O–H groups in total. The lowest BCUT2D eigenvalue weighted by atomic mass is 9.60. The summed E-state index contributed by atoms with van der Waals surface area (Å²) < 4.78 is 0. The van der Waals surface area contributed by atoms with Crippen LogP contribution in [0.5, 0.6) is 0 Å². The van der Waals surface area contributed by atoms with Crippen molar-refractivity contribution < 1.29 is 0 Å². The van der Waals surface area contributed by atoms with E-state index < -0.39 is 0 Å². The number of hydrogen-bond donors (Lipinski definition) is 3. The molecule has 0 fully saturated rings. The summed E-state index contributed by atoms with van der Waals surface area (Å²) in [6.07, 6.45) is 7.90. The molecule has 55 heavy (non-hydrogen) atoms. The minimum Gasteiger partial charge on any atom is -0.381 e. The molecule has 3 nitrogen and oxygen atoms in total. The predicted octanol–water partition coefficient (Wildman–Crippen LogP) is 11.0. The highest BCUT2D eigenvalue weighted by molar-refractivity contribution is 5.90. The molecule has 0 saturated carbocycles. The average molecular weight is 706 g/mol. The zero-order chi connectivity index (χ0) is 36.3. The zero-order valence-corrected chi connectivity index (χ0v) is 30.4. The van der Waals surface area contributed by atoms with Crippen molar-refractivity contribution in [1.29, 1.82) is 0 Å². The van der Waals surface area contributed by atoms with E-state index in [4.69, 9.17) is 0 Å². The molecule has 0 amide bonds. The van der Waals surface area contributed by atoms with Crippen LogP contribution in [0.25, 0.3) is 44.8 Å². The van der Waals surface area contributed by atoms with Gasteiger partial charge in [0.25, 0.3) is 0 Å². The van der Waals surface area contributed by atoms with Gasteiger partial charge in [0.15, 0.2) is 0 Å². The first-order valence-corrected chi connectivity index (χ1v) is 19.3. The van der Waals surface area contributed by atoms with Crippen LogP contribution in [0.15, 0.2) is 194 Å². The van der Waals surface area contributed by atoms with Gasteiger partial charge in [0.2, 0.25) is 0 Å². The van der Waals surface area contributed by atoms with E-state index in [0.717, 1.165) is 24.2 Å². The fourth-order valence-corrected chi connectivity index (χ4v) is 9.49. The molecule has 262 valence electrons. The average Bonchev–Trinajstić information content (AvgIpc) is 3.87. The van der Waals surface area contributed by atoms with Gasteiger partial charge in [-0.15, -0.1) is 0 Å². The molecule has 3 heteroatoms. The second-order valence-corrected chi connectivity index (χ2v) is 15.1. The number of nitrogens with one attached hydrogen (secondary N) is 3. The molecule has 0 saturated heterocycles. The van der Waals surface area contributed by atoms with Crippen molar-refractivity contribution in [3.8, 4) is 33.4 Å². The molecular formula is C52H39N3. The van der Waals surface area contributed by atoms with E-state index in [1.165, 1.54) is 83.6 Å². The first kappa shape index (κ1) is 31.8. The van der Waals surface area contributed by atoms with Crippen LogP contribution < -0.4 is 16.2 Å². The summed E-state index contributed by atoms with van der Waals surface area (Å²) in [7, 11) is 0. The molecule has 1 spiro atoms. The predicted molar refractivity (Wildman–Crippen MR) is 226 cm³/mol. The van der Waals surface area contributed by atoms with Crippen LogP contribution in [0.2, 0.25) is 0 Å². The number of benzene rings is 7. The highest BCUT2D eigenvalue weighted by atomic mass is 15.4. The van der Waals surface area contributed by atoms with Crippen molar-refractivity contribution in [3.05, 3.63) is 238 Å². The van der Waals surface area contributed by atoms with E-state index >= 15 is 0 Å². The van der Waals surface area contributed by atoms with Gasteiger partial charge in [-0.2, -0.15) is 0 Å². The third kappa shape index (κ3) is 5.08. The highest BCUT2D eigenvalue weighted by Crippen LogP contribution is 2.58. The third-order valence-corrected chi connectivity index (χ3v) is 12.0. The van der Waals surface area contributed by atoms with Gasteiger partial charge in [-0.1, -0.05) is 164 Å². The van der Waals surface area contributed by atoms with Crippen molar-refractivity contribution >= 4 is 11.4 Å². The van der Waals surface area contributed by atoms with Crippen LogP contribution in [0.1, 0.15) is 50.5 Å². The first-order chi connectivity index (χ1) is 27.2. The van der Waals surface area contributed by atoms with Crippen LogP contribution in [-0.4, -0.2) is 6.54 Å². The molecule has 1 atom stereocenters. The van der Waals surface area contributed by atoms with E-state index in [0.29, 0.717) is 0 Å². The van der Waals surface area contributed by atoms with E-state index in [-0.39, 0.29) is 11.5 Å². The Hall–Kier alpha value is -6.68. The Balaban J connectivity index is 0.944. The molecule has 0 aromatic heterocycles. The van der Waals surface area contributed by atoms with E-state index in [1.54, 1.807) is 0 Å². The lowest BCUT2D eigenvalue weighted by Gasteiger charge is -2.41. The van der Waals surface area contributed by atoms with Crippen molar-refractivity contribution in [2.45, 2.75) is 17.9 Å². The first-order valence-electron chi connectivity index (χ1n) is 19.3. The maximum atomic E-state index is 3.79. The Kier molecular flexibility index (Phi) is 7.36. The van der Waals surface area contributed by atoms with E-state index in [2.05, 4.69) is 204 Å². The molecule has 2 heterocycles. The van der Waals surface area contributed by atoms with E-state index in [9.17, 15) is 0 Å². The van der Waals surface area contributed by atoms with Crippen molar-refractivity contribution in [1.82, 2.24) is 16.2 Å². The summed E-state index contributed by atoms with van der Waals surface area (Å²) in [5, 5.41) is 3.79. The van der Waals surface area contributed by atoms with Crippen molar-refractivity contribution in [2.24, 2.45) is 0 Å². The van der Waals surface area contributed by atoms with Gasteiger partial charge < -0.3 is 10.7 Å². The highest BCUT2D eigenvalue weighted by Gasteiger charge is 2.51. The normalized spacial score (nSPS) is 17.1. The summed E-state index contributed by atoms with van der Waals surface area (Å²) in [6.45, 7) is 0.839. The number of dihydropyridines is 1. The summed E-state index contributed by atoms with van der Waals surface area (Å²) in [5.41, 5.74) is 28.2. The zero-order valence-electron chi connectivity index (χ0n) is 30.4. The third-order valence-electron chi connectivity index (χ3n) is 12.0. The van der Waals surface area contributed by atoms with Gasteiger partial charge in [-0.05, 0) is 109 Å². The lowest BCUT2D eigenvalue weighted by Crippen LogP contribution is -2.35. The molecule has 0 radical (unpaired) electrons. The molecule has 1 unspecified atom stereocenters. The second-order valence-electron chi connectivity index (χ2n) is 15.1. The number of allylic oxidation sites excluding steroid dienone is 2.